The molecule has 1 aliphatic rings. The fraction of sp³-hybridized carbons (Fsp3) is 0.0526. The molecule has 4 nitrogen and oxygen atoms in total. The number of para-hydroxylation sites is 1. The molecule has 4 rings (SSSR count). The predicted molar refractivity (Wildman–Crippen MR) is 99.6 cm³/mol. The first kappa shape index (κ1) is 15.9. The van der Waals surface area contributed by atoms with Gasteiger partial charge in [-0.3, -0.25) is 9.59 Å². The number of aromatic nitrogens is 1. The molecule has 0 radical (unpaired) electrons. The number of aryl methyl sites for hydroxylation is 1. The first-order chi connectivity index (χ1) is 12.0. The third-order valence-electron chi connectivity index (χ3n) is 4.26. The van der Waals surface area contributed by atoms with Crippen molar-refractivity contribution in [1.82, 2.24) is 4.57 Å². The highest BCUT2D eigenvalue weighted by Gasteiger charge is 2.40. The van der Waals surface area contributed by atoms with Crippen LogP contribution in [0.15, 0.2) is 59.8 Å². The van der Waals surface area contributed by atoms with Crippen LogP contribution in [0.25, 0.3) is 16.5 Å². The number of halogens is 2. The van der Waals surface area contributed by atoms with Crippen LogP contribution in [0.1, 0.15) is 5.56 Å². The normalized spacial score (nSPS) is 14.9. The molecule has 1 aromatic heterocycles. The van der Waals surface area contributed by atoms with Gasteiger partial charge in [0.05, 0.1) is 11.3 Å². The molecule has 0 spiro atoms. The van der Waals surface area contributed by atoms with Crippen LogP contribution in [0.2, 0.25) is 5.02 Å². The average molecular weight is 371 g/mol. The van der Waals surface area contributed by atoms with Crippen molar-refractivity contribution in [2.45, 2.75) is 0 Å². The monoisotopic (exact) mass is 370 g/mol. The predicted octanol–water partition coefficient (Wildman–Crippen LogP) is 4.36. The van der Waals surface area contributed by atoms with Gasteiger partial charge in [0.25, 0.3) is 11.8 Å². The van der Waals surface area contributed by atoms with E-state index in [9.17, 15) is 9.59 Å². The van der Waals surface area contributed by atoms with Crippen molar-refractivity contribution in [3.8, 4) is 0 Å². The minimum Gasteiger partial charge on any atom is -0.350 e. The van der Waals surface area contributed by atoms with Crippen LogP contribution >= 0.6 is 23.2 Å². The molecule has 25 heavy (non-hydrogen) atoms. The number of hydrogen-bond donors (Lipinski definition) is 0. The summed E-state index contributed by atoms with van der Waals surface area (Å²) < 4.78 is 1.86. The summed E-state index contributed by atoms with van der Waals surface area (Å²) in [6, 6.07) is 14.1. The van der Waals surface area contributed by atoms with Gasteiger partial charge in [-0.15, -0.1) is 0 Å². The highest BCUT2D eigenvalue weighted by Crippen LogP contribution is 2.38. The lowest BCUT2D eigenvalue weighted by atomic mass is 10.1. The van der Waals surface area contributed by atoms with Crippen molar-refractivity contribution in [2.75, 3.05) is 4.90 Å². The number of hydrogen-bond acceptors (Lipinski definition) is 2. The zero-order valence-electron chi connectivity index (χ0n) is 13.2. The van der Waals surface area contributed by atoms with E-state index >= 15 is 0 Å². The Kier molecular flexibility index (Phi) is 3.67. The summed E-state index contributed by atoms with van der Waals surface area (Å²) in [5.74, 6) is -0.942. The highest BCUT2D eigenvalue weighted by atomic mass is 35.5. The molecule has 124 valence electrons. The fourth-order valence-electron chi connectivity index (χ4n) is 3.10. The summed E-state index contributed by atoms with van der Waals surface area (Å²) in [4.78, 5) is 26.7. The second kappa shape index (κ2) is 5.76. The number of rotatable bonds is 2. The van der Waals surface area contributed by atoms with Crippen molar-refractivity contribution in [1.29, 1.82) is 0 Å². The first-order valence-corrected chi connectivity index (χ1v) is 8.33. The van der Waals surface area contributed by atoms with Crippen LogP contribution in [0.4, 0.5) is 5.69 Å². The Balaban J connectivity index is 1.89. The van der Waals surface area contributed by atoms with E-state index in [-0.39, 0.29) is 10.6 Å². The number of carbonyl (C=O) groups is 2. The molecule has 0 aliphatic carbocycles. The topological polar surface area (TPSA) is 42.3 Å². The lowest BCUT2D eigenvalue weighted by Crippen LogP contribution is -2.31. The maximum atomic E-state index is 13.0. The molecule has 2 heterocycles. The van der Waals surface area contributed by atoms with E-state index in [1.807, 2.05) is 29.8 Å². The second-order valence-electron chi connectivity index (χ2n) is 5.79. The number of amides is 2. The number of benzene rings is 2. The largest absolute Gasteiger partial charge is 0.350 e. The van der Waals surface area contributed by atoms with E-state index < -0.39 is 11.8 Å². The Hall–Kier alpha value is -2.56. The standard InChI is InChI=1S/C19H12Cl2N2O2/c1-22-10-14(13-8-7-11(20)9-15(13)22)16-17(21)19(25)23(18(16)24)12-5-3-2-4-6-12/h2-10H,1H3. The van der Waals surface area contributed by atoms with E-state index in [4.69, 9.17) is 23.2 Å². The van der Waals surface area contributed by atoms with Crippen LogP contribution < -0.4 is 4.90 Å². The third-order valence-corrected chi connectivity index (χ3v) is 4.85. The summed E-state index contributed by atoms with van der Waals surface area (Å²) in [5, 5.41) is 1.34. The first-order valence-electron chi connectivity index (χ1n) is 7.57. The van der Waals surface area contributed by atoms with Gasteiger partial charge in [0.2, 0.25) is 0 Å². The van der Waals surface area contributed by atoms with Crippen LogP contribution in [-0.2, 0) is 16.6 Å². The summed E-state index contributed by atoms with van der Waals surface area (Å²) in [6.45, 7) is 0. The third kappa shape index (κ3) is 2.37. The van der Waals surface area contributed by atoms with Crippen molar-refractivity contribution in [3.63, 3.8) is 0 Å². The van der Waals surface area contributed by atoms with E-state index in [1.165, 1.54) is 0 Å². The number of nitrogens with zero attached hydrogens (tertiary/aromatic N) is 2. The van der Waals surface area contributed by atoms with Crippen LogP contribution in [-0.4, -0.2) is 16.4 Å². The van der Waals surface area contributed by atoms with E-state index in [2.05, 4.69) is 0 Å². The Morgan fingerprint density at radius 3 is 2.36 bits per heavy atom. The van der Waals surface area contributed by atoms with E-state index in [1.54, 1.807) is 36.5 Å². The molecule has 0 bridgehead atoms. The van der Waals surface area contributed by atoms with Gasteiger partial charge >= 0.3 is 0 Å². The molecule has 0 saturated heterocycles. The summed E-state index contributed by atoms with van der Waals surface area (Å²) in [5.41, 5.74) is 2.19. The minimum absolute atomic E-state index is 0.0729. The quantitative estimate of drug-likeness (QED) is 0.629. The maximum absolute atomic E-state index is 13.0. The zero-order valence-corrected chi connectivity index (χ0v) is 14.7. The SMILES string of the molecule is Cn1cc(C2=C(Cl)C(=O)N(c3ccccc3)C2=O)c2ccc(Cl)cc21. The van der Waals surface area contributed by atoms with Gasteiger partial charge in [-0.2, -0.15) is 0 Å². The highest BCUT2D eigenvalue weighted by molar-refractivity contribution is 6.60. The van der Waals surface area contributed by atoms with Crippen molar-refractivity contribution in [3.05, 3.63) is 70.3 Å². The number of anilines is 1. The van der Waals surface area contributed by atoms with Gasteiger partial charge < -0.3 is 4.57 Å². The molecule has 0 saturated carbocycles. The van der Waals surface area contributed by atoms with Crippen molar-refractivity contribution >= 4 is 57.2 Å². The van der Waals surface area contributed by atoms with Crippen LogP contribution in [0.3, 0.4) is 0 Å². The molecule has 0 N–H and O–H groups in total. The van der Waals surface area contributed by atoms with Crippen molar-refractivity contribution < 1.29 is 9.59 Å². The molecule has 3 aromatic rings. The lowest BCUT2D eigenvalue weighted by molar-refractivity contribution is -0.119. The summed E-state index contributed by atoms with van der Waals surface area (Å²) in [6.07, 6.45) is 1.79. The molecule has 0 atom stereocenters. The molecular weight excluding hydrogens is 359 g/mol. The van der Waals surface area contributed by atoms with Crippen LogP contribution in [0.5, 0.6) is 0 Å². The van der Waals surface area contributed by atoms with Gasteiger partial charge in [0.1, 0.15) is 5.03 Å². The maximum Gasteiger partial charge on any atom is 0.277 e. The van der Waals surface area contributed by atoms with Gasteiger partial charge in [-0.1, -0.05) is 47.5 Å². The lowest BCUT2D eigenvalue weighted by Gasteiger charge is -2.14. The van der Waals surface area contributed by atoms with Gasteiger partial charge in [-0.25, -0.2) is 4.90 Å². The molecular formula is C19H12Cl2N2O2. The Labute approximate surface area is 153 Å². The molecule has 2 aromatic carbocycles. The fourth-order valence-corrected chi connectivity index (χ4v) is 3.54. The smallest absolute Gasteiger partial charge is 0.277 e. The molecule has 0 fully saturated rings. The van der Waals surface area contributed by atoms with E-state index in [0.29, 0.717) is 16.3 Å². The molecule has 6 heteroatoms. The zero-order chi connectivity index (χ0) is 17.7. The average Bonchev–Trinajstić information content (AvgIpc) is 3.03. The Bertz CT molecular complexity index is 1070. The molecule has 2 amide bonds. The van der Waals surface area contributed by atoms with E-state index in [0.717, 1.165) is 15.8 Å². The molecule has 0 unspecified atom stereocenters. The Morgan fingerprint density at radius 1 is 0.920 bits per heavy atom. The number of carbonyl (C=O) groups excluding carboxylic acids is 2. The number of imide groups is 1. The summed E-state index contributed by atoms with van der Waals surface area (Å²) >= 11 is 12.3. The van der Waals surface area contributed by atoms with Gasteiger partial charge in [-0.05, 0) is 24.3 Å². The minimum atomic E-state index is -0.515. The number of fused-ring (bicyclic) bond motifs is 1. The molecule has 1 aliphatic heterocycles. The van der Waals surface area contributed by atoms with Gasteiger partial charge in [0.15, 0.2) is 0 Å². The summed E-state index contributed by atoms with van der Waals surface area (Å²) in [7, 11) is 1.85. The van der Waals surface area contributed by atoms with Gasteiger partial charge in [0, 0.05) is 34.7 Å². The van der Waals surface area contributed by atoms with Crippen LogP contribution in [0, 0.1) is 0 Å². The van der Waals surface area contributed by atoms with Crippen molar-refractivity contribution in [2.24, 2.45) is 7.05 Å². The Morgan fingerprint density at radius 2 is 1.64 bits per heavy atom. The second-order valence-corrected chi connectivity index (χ2v) is 6.60.